The fraction of sp³-hybridized carbons (Fsp3) is 0.462. The Balaban J connectivity index is 1.75. The number of hydrogen-bond acceptors (Lipinski definition) is 4. The van der Waals surface area contributed by atoms with Gasteiger partial charge in [-0.2, -0.15) is 0 Å². The first-order valence-electron chi connectivity index (χ1n) is 6.43. The predicted octanol–water partition coefficient (Wildman–Crippen LogP) is 0.615. The van der Waals surface area contributed by atoms with Crippen LogP contribution in [-0.4, -0.2) is 41.8 Å². The van der Waals surface area contributed by atoms with E-state index < -0.39 is 5.97 Å². The Morgan fingerprint density at radius 2 is 2.30 bits per heavy atom. The van der Waals surface area contributed by atoms with Gasteiger partial charge in [0.2, 0.25) is 0 Å². The second kappa shape index (κ2) is 6.85. The summed E-state index contributed by atoms with van der Waals surface area (Å²) in [6.07, 6.45) is 2.37. The lowest BCUT2D eigenvalue weighted by Gasteiger charge is -2.10. The highest BCUT2D eigenvalue weighted by Crippen LogP contribution is 2.10. The normalized spacial score (nSPS) is 17.7. The summed E-state index contributed by atoms with van der Waals surface area (Å²) >= 11 is 0. The maximum atomic E-state index is 11.6. The van der Waals surface area contributed by atoms with Gasteiger partial charge in [0.05, 0.1) is 24.4 Å². The maximum Gasteiger partial charge on any atom is 0.335 e. The molecule has 1 aliphatic rings. The van der Waals surface area contributed by atoms with Crippen molar-refractivity contribution >= 4 is 12.0 Å². The van der Waals surface area contributed by atoms with Crippen LogP contribution in [0.25, 0.3) is 0 Å². The molecule has 7 heteroatoms. The number of ether oxygens (including phenoxy) is 1. The summed E-state index contributed by atoms with van der Waals surface area (Å²) in [7, 11) is 0. The van der Waals surface area contributed by atoms with Gasteiger partial charge in [0, 0.05) is 25.3 Å². The molecule has 1 saturated heterocycles. The zero-order chi connectivity index (χ0) is 14.4. The van der Waals surface area contributed by atoms with Crippen molar-refractivity contribution in [3.63, 3.8) is 0 Å². The molecule has 0 saturated carbocycles. The van der Waals surface area contributed by atoms with Crippen molar-refractivity contribution in [3.05, 3.63) is 29.6 Å². The number of rotatable bonds is 5. The zero-order valence-electron chi connectivity index (χ0n) is 11.0. The second-order valence-electron chi connectivity index (χ2n) is 4.63. The number of aromatic nitrogens is 1. The average molecular weight is 279 g/mol. The van der Waals surface area contributed by atoms with Gasteiger partial charge in [0.25, 0.3) is 0 Å². The van der Waals surface area contributed by atoms with Crippen molar-refractivity contribution in [2.75, 3.05) is 19.8 Å². The molecule has 1 fully saturated rings. The molecule has 1 aromatic heterocycles. The molecule has 3 N–H and O–H groups in total. The number of amides is 2. The number of carbonyl (C=O) groups is 2. The lowest BCUT2D eigenvalue weighted by molar-refractivity contribution is 0.0696. The molecular formula is C13H17N3O4. The third-order valence-electron chi connectivity index (χ3n) is 3.07. The highest BCUT2D eigenvalue weighted by Gasteiger charge is 2.16. The van der Waals surface area contributed by atoms with Crippen molar-refractivity contribution in [1.29, 1.82) is 0 Å². The minimum absolute atomic E-state index is 0.153. The van der Waals surface area contributed by atoms with Crippen LogP contribution in [0.1, 0.15) is 22.5 Å². The molecule has 0 aliphatic carbocycles. The molecule has 0 radical (unpaired) electrons. The van der Waals surface area contributed by atoms with Crippen molar-refractivity contribution in [2.24, 2.45) is 5.92 Å². The number of carboxylic acid groups (broad SMARTS) is 1. The van der Waals surface area contributed by atoms with E-state index in [1.807, 2.05) is 0 Å². The molecule has 1 aromatic rings. The summed E-state index contributed by atoms with van der Waals surface area (Å²) in [5, 5.41) is 14.3. The topological polar surface area (TPSA) is 101 Å². The molecular weight excluding hydrogens is 262 g/mol. The summed E-state index contributed by atoms with van der Waals surface area (Å²) in [5.74, 6) is -0.645. The Hall–Kier alpha value is -2.15. The van der Waals surface area contributed by atoms with E-state index in [1.165, 1.54) is 18.3 Å². The van der Waals surface area contributed by atoms with Crippen LogP contribution in [0, 0.1) is 5.92 Å². The van der Waals surface area contributed by atoms with Gasteiger partial charge in [0.15, 0.2) is 0 Å². The van der Waals surface area contributed by atoms with Crippen LogP contribution in [0.15, 0.2) is 18.3 Å². The molecule has 0 spiro atoms. The van der Waals surface area contributed by atoms with Crippen LogP contribution < -0.4 is 10.6 Å². The molecule has 1 atom stereocenters. The number of hydrogen-bond donors (Lipinski definition) is 3. The number of nitrogens with one attached hydrogen (secondary N) is 2. The SMILES string of the molecule is O=C(NCc1cc(C(=O)O)ccn1)NCC1CCOC1. The number of carbonyl (C=O) groups excluding carboxylic acids is 1. The average Bonchev–Trinajstić information content (AvgIpc) is 2.96. The van der Waals surface area contributed by atoms with Gasteiger partial charge in [-0.15, -0.1) is 0 Å². The zero-order valence-corrected chi connectivity index (χ0v) is 11.0. The molecule has 2 amide bonds. The van der Waals surface area contributed by atoms with E-state index in [0.29, 0.717) is 24.8 Å². The van der Waals surface area contributed by atoms with Crippen LogP contribution in [-0.2, 0) is 11.3 Å². The first-order valence-corrected chi connectivity index (χ1v) is 6.43. The molecule has 2 rings (SSSR count). The third kappa shape index (κ3) is 4.20. The van der Waals surface area contributed by atoms with Crippen molar-refractivity contribution in [3.8, 4) is 0 Å². The van der Waals surface area contributed by atoms with E-state index in [2.05, 4.69) is 15.6 Å². The van der Waals surface area contributed by atoms with E-state index >= 15 is 0 Å². The van der Waals surface area contributed by atoms with Gasteiger partial charge in [0.1, 0.15) is 0 Å². The maximum absolute atomic E-state index is 11.6. The standard InChI is InChI=1S/C13H17N3O4/c17-12(18)10-1-3-14-11(5-10)7-16-13(19)15-6-9-2-4-20-8-9/h1,3,5,9H,2,4,6-8H2,(H,17,18)(H2,15,16,19). The van der Waals surface area contributed by atoms with Crippen molar-refractivity contribution < 1.29 is 19.4 Å². The van der Waals surface area contributed by atoms with Crippen molar-refractivity contribution in [2.45, 2.75) is 13.0 Å². The summed E-state index contributed by atoms with van der Waals surface area (Å²) in [5.41, 5.74) is 0.657. The first kappa shape index (κ1) is 14.3. The van der Waals surface area contributed by atoms with Crippen LogP contribution in [0.2, 0.25) is 0 Å². The molecule has 108 valence electrons. The molecule has 1 aliphatic heterocycles. The number of urea groups is 1. The third-order valence-corrected chi connectivity index (χ3v) is 3.07. The Labute approximate surface area is 116 Å². The largest absolute Gasteiger partial charge is 0.478 e. The number of pyridine rings is 1. The van der Waals surface area contributed by atoms with Crippen molar-refractivity contribution in [1.82, 2.24) is 15.6 Å². The second-order valence-corrected chi connectivity index (χ2v) is 4.63. The summed E-state index contributed by atoms with van der Waals surface area (Å²) in [4.78, 5) is 26.4. The van der Waals surface area contributed by atoms with Gasteiger partial charge in [-0.25, -0.2) is 9.59 Å². The van der Waals surface area contributed by atoms with Crippen LogP contribution >= 0.6 is 0 Å². The van der Waals surface area contributed by atoms with Gasteiger partial charge < -0.3 is 20.5 Å². The van der Waals surface area contributed by atoms with Crippen LogP contribution in [0.3, 0.4) is 0 Å². The minimum Gasteiger partial charge on any atom is -0.478 e. The quantitative estimate of drug-likeness (QED) is 0.733. The summed E-state index contributed by atoms with van der Waals surface area (Å²) < 4.78 is 5.22. The molecule has 1 unspecified atom stereocenters. The highest BCUT2D eigenvalue weighted by atomic mass is 16.5. The van der Waals surface area contributed by atoms with E-state index in [0.717, 1.165) is 13.0 Å². The smallest absolute Gasteiger partial charge is 0.335 e. The Bertz CT molecular complexity index is 486. The Morgan fingerprint density at radius 1 is 1.45 bits per heavy atom. The van der Waals surface area contributed by atoms with E-state index in [4.69, 9.17) is 9.84 Å². The van der Waals surface area contributed by atoms with Gasteiger partial charge in [-0.05, 0) is 18.6 Å². The van der Waals surface area contributed by atoms with Gasteiger partial charge >= 0.3 is 12.0 Å². The molecule has 2 heterocycles. The van der Waals surface area contributed by atoms with Gasteiger partial charge in [-0.3, -0.25) is 4.98 Å². The van der Waals surface area contributed by atoms with Crippen LogP contribution in [0.4, 0.5) is 4.79 Å². The Kier molecular flexibility index (Phi) is 4.89. The first-order chi connectivity index (χ1) is 9.65. The molecule has 7 nitrogen and oxygen atoms in total. The lowest BCUT2D eigenvalue weighted by Crippen LogP contribution is -2.38. The van der Waals surface area contributed by atoms with E-state index in [1.54, 1.807) is 0 Å². The number of aromatic carboxylic acids is 1. The number of carboxylic acids is 1. The van der Waals surface area contributed by atoms with Crippen LogP contribution in [0.5, 0.6) is 0 Å². The highest BCUT2D eigenvalue weighted by molar-refractivity contribution is 5.87. The molecule has 0 aromatic carbocycles. The van der Waals surface area contributed by atoms with E-state index in [-0.39, 0.29) is 18.1 Å². The van der Waals surface area contributed by atoms with Gasteiger partial charge in [-0.1, -0.05) is 0 Å². The monoisotopic (exact) mass is 279 g/mol. The number of nitrogens with zero attached hydrogens (tertiary/aromatic N) is 1. The predicted molar refractivity (Wildman–Crippen MR) is 70.4 cm³/mol. The summed E-state index contributed by atoms with van der Waals surface area (Å²) in [6, 6.07) is 2.55. The Morgan fingerprint density at radius 3 is 3.00 bits per heavy atom. The fourth-order valence-corrected chi connectivity index (χ4v) is 1.92. The lowest BCUT2D eigenvalue weighted by atomic mass is 10.1. The fourth-order valence-electron chi connectivity index (χ4n) is 1.92. The molecule has 0 bridgehead atoms. The van der Waals surface area contributed by atoms with E-state index in [9.17, 15) is 9.59 Å². The molecule has 20 heavy (non-hydrogen) atoms. The summed E-state index contributed by atoms with van der Waals surface area (Å²) in [6.45, 7) is 2.20. The minimum atomic E-state index is -1.01.